The van der Waals surface area contributed by atoms with Gasteiger partial charge in [0.25, 0.3) is 0 Å². The van der Waals surface area contributed by atoms with Gasteiger partial charge in [-0.25, -0.2) is 4.79 Å². The van der Waals surface area contributed by atoms with Gasteiger partial charge in [0, 0.05) is 36.4 Å². The third-order valence-corrected chi connectivity index (χ3v) is 6.52. The lowest BCUT2D eigenvalue weighted by molar-refractivity contribution is -0.139. The first-order valence-electron chi connectivity index (χ1n) is 12.6. The normalized spacial score (nSPS) is 15.2. The third kappa shape index (κ3) is 7.80. The number of anilines is 3. The minimum absolute atomic E-state index is 0.0400. The summed E-state index contributed by atoms with van der Waals surface area (Å²) in [5.74, 6) is -1.04. The van der Waals surface area contributed by atoms with Gasteiger partial charge in [-0.05, 0) is 82.3 Å². The number of aliphatic carboxylic acids is 1. The fourth-order valence-corrected chi connectivity index (χ4v) is 4.51. The fourth-order valence-electron chi connectivity index (χ4n) is 4.51. The Hall–Kier alpha value is -3.88. The van der Waals surface area contributed by atoms with Crippen LogP contribution < -0.4 is 16.0 Å². The molecule has 1 aliphatic rings. The number of unbranched alkanes of at least 4 members (excludes halogenated alkanes) is 1. The Morgan fingerprint density at radius 1 is 0.946 bits per heavy atom. The fraction of sp³-hybridized carbons (Fsp3) is 0.429. The second kappa shape index (κ2) is 12.4. The molecule has 1 heterocycles. The number of nitrogens with zero attached hydrogens (tertiary/aromatic N) is 1. The van der Waals surface area contributed by atoms with Crippen molar-refractivity contribution in [2.24, 2.45) is 0 Å². The summed E-state index contributed by atoms with van der Waals surface area (Å²) in [6.07, 6.45) is 2.60. The molecule has 1 atom stereocenters. The zero-order valence-corrected chi connectivity index (χ0v) is 21.7. The minimum atomic E-state index is -0.923. The number of rotatable bonds is 11. The van der Waals surface area contributed by atoms with Gasteiger partial charge in [-0.3, -0.25) is 14.4 Å². The minimum Gasteiger partial charge on any atom is -0.481 e. The standard InChI is InChI=1S/C28H36N4O5/c1-19-9-4-5-10-22(19)30-27(37)29-20-14-16-21(17-15-20)31-28(2,3)26(36)23-11-8-18-32(23)24(33)12-6-7-13-25(34)35/h4-5,9-10,14-17,23,31H,6-8,11-13,18H2,1-3H3,(H,34,35)(H2,29,30,37). The number of urea groups is 1. The van der Waals surface area contributed by atoms with E-state index in [1.165, 1.54) is 0 Å². The van der Waals surface area contributed by atoms with Crippen LogP contribution in [0.4, 0.5) is 21.9 Å². The van der Waals surface area contributed by atoms with Crippen LogP contribution in [-0.4, -0.2) is 51.8 Å². The van der Waals surface area contributed by atoms with Gasteiger partial charge < -0.3 is 26.0 Å². The predicted molar refractivity (Wildman–Crippen MR) is 144 cm³/mol. The molecular weight excluding hydrogens is 472 g/mol. The molecule has 1 fully saturated rings. The number of para-hydroxylation sites is 1. The molecule has 0 aromatic heterocycles. The predicted octanol–water partition coefficient (Wildman–Crippen LogP) is 5.03. The van der Waals surface area contributed by atoms with Crippen molar-refractivity contribution < 1.29 is 24.3 Å². The van der Waals surface area contributed by atoms with Gasteiger partial charge in [0.05, 0.1) is 11.6 Å². The zero-order chi connectivity index (χ0) is 27.0. The van der Waals surface area contributed by atoms with E-state index in [9.17, 15) is 19.2 Å². The number of carbonyl (C=O) groups is 4. The van der Waals surface area contributed by atoms with Crippen LogP contribution in [0.25, 0.3) is 0 Å². The van der Waals surface area contributed by atoms with E-state index < -0.39 is 17.6 Å². The number of Topliss-reactive ketones (excluding diaryl/α,β-unsaturated/α-hetero) is 1. The Morgan fingerprint density at radius 3 is 2.27 bits per heavy atom. The SMILES string of the molecule is Cc1ccccc1NC(=O)Nc1ccc(NC(C)(C)C(=O)C2CCCN2C(=O)CCCCC(=O)O)cc1. The molecule has 198 valence electrons. The summed E-state index contributed by atoms with van der Waals surface area (Å²) in [4.78, 5) is 50.8. The van der Waals surface area contributed by atoms with Crippen LogP contribution in [0.3, 0.4) is 0 Å². The number of aryl methyl sites for hydroxylation is 1. The molecule has 3 rings (SSSR count). The lowest BCUT2D eigenvalue weighted by atomic mass is 9.91. The number of carboxylic acids is 1. The maximum absolute atomic E-state index is 13.4. The second-order valence-corrected chi connectivity index (χ2v) is 9.93. The van der Waals surface area contributed by atoms with Crippen LogP contribution in [0.15, 0.2) is 48.5 Å². The number of benzene rings is 2. The van der Waals surface area contributed by atoms with E-state index in [0.29, 0.717) is 37.2 Å². The van der Waals surface area contributed by atoms with Gasteiger partial charge in [-0.15, -0.1) is 0 Å². The number of carbonyl (C=O) groups excluding carboxylic acids is 3. The summed E-state index contributed by atoms with van der Waals surface area (Å²) in [5, 5.41) is 17.7. The van der Waals surface area contributed by atoms with E-state index >= 15 is 0 Å². The van der Waals surface area contributed by atoms with Crippen molar-refractivity contribution in [2.45, 2.75) is 70.9 Å². The van der Waals surface area contributed by atoms with Gasteiger partial charge in [-0.2, -0.15) is 0 Å². The van der Waals surface area contributed by atoms with E-state index in [1.807, 2.05) is 31.2 Å². The van der Waals surface area contributed by atoms with Crippen LogP contribution in [0.2, 0.25) is 0 Å². The lowest BCUT2D eigenvalue weighted by Crippen LogP contribution is -2.52. The molecule has 0 saturated carbocycles. The molecule has 9 heteroatoms. The monoisotopic (exact) mass is 508 g/mol. The van der Waals surface area contributed by atoms with Gasteiger partial charge in [0.2, 0.25) is 5.91 Å². The van der Waals surface area contributed by atoms with Gasteiger partial charge in [0.1, 0.15) is 0 Å². The van der Waals surface area contributed by atoms with Crippen molar-refractivity contribution in [2.75, 3.05) is 22.5 Å². The molecule has 1 saturated heterocycles. The van der Waals surface area contributed by atoms with E-state index in [1.54, 1.807) is 43.0 Å². The molecule has 0 aliphatic carbocycles. The van der Waals surface area contributed by atoms with E-state index in [0.717, 1.165) is 17.7 Å². The van der Waals surface area contributed by atoms with Crippen molar-refractivity contribution in [3.63, 3.8) is 0 Å². The van der Waals surface area contributed by atoms with Crippen LogP contribution in [0.1, 0.15) is 57.9 Å². The summed E-state index contributed by atoms with van der Waals surface area (Å²) < 4.78 is 0. The number of hydrogen-bond donors (Lipinski definition) is 4. The van der Waals surface area contributed by atoms with Crippen molar-refractivity contribution in [1.29, 1.82) is 0 Å². The molecule has 0 bridgehead atoms. The Balaban J connectivity index is 1.55. The number of amides is 3. The highest BCUT2D eigenvalue weighted by molar-refractivity contribution is 6.00. The molecule has 4 N–H and O–H groups in total. The van der Waals surface area contributed by atoms with Crippen LogP contribution in [-0.2, 0) is 14.4 Å². The average Bonchev–Trinajstić information content (AvgIpc) is 3.33. The van der Waals surface area contributed by atoms with E-state index in [-0.39, 0.29) is 30.6 Å². The average molecular weight is 509 g/mol. The molecule has 0 radical (unpaired) electrons. The van der Waals surface area contributed by atoms with Crippen molar-refractivity contribution in [3.8, 4) is 0 Å². The molecule has 2 aromatic carbocycles. The largest absolute Gasteiger partial charge is 0.481 e. The number of hydrogen-bond acceptors (Lipinski definition) is 5. The first kappa shape index (κ1) is 27.7. The summed E-state index contributed by atoms with van der Waals surface area (Å²) in [6.45, 7) is 6.05. The summed E-state index contributed by atoms with van der Waals surface area (Å²) in [6, 6.07) is 13.8. The Labute approximate surface area is 217 Å². The van der Waals surface area contributed by atoms with Gasteiger partial charge in [-0.1, -0.05) is 18.2 Å². The molecular formula is C28H36N4O5. The number of ketones is 1. The first-order chi connectivity index (χ1) is 17.6. The van der Waals surface area contributed by atoms with Gasteiger partial charge >= 0.3 is 12.0 Å². The van der Waals surface area contributed by atoms with E-state index in [4.69, 9.17) is 5.11 Å². The van der Waals surface area contributed by atoms with Gasteiger partial charge in [0.15, 0.2) is 5.78 Å². The summed E-state index contributed by atoms with van der Waals surface area (Å²) >= 11 is 0. The smallest absolute Gasteiger partial charge is 0.323 e. The summed E-state index contributed by atoms with van der Waals surface area (Å²) in [5.41, 5.74) is 2.10. The van der Waals surface area contributed by atoms with E-state index in [2.05, 4.69) is 16.0 Å². The van der Waals surface area contributed by atoms with Crippen molar-refractivity contribution in [1.82, 2.24) is 4.90 Å². The Bertz CT molecular complexity index is 1130. The maximum Gasteiger partial charge on any atom is 0.323 e. The second-order valence-electron chi connectivity index (χ2n) is 9.93. The topological polar surface area (TPSA) is 128 Å². The number of carboxylic acid groups (broad SMARTS) is 1. The van der Waals surface area contributed by atoms with Crippen LogP contribution in [0, 0.1) is 6.92 Å². The first-order valence-corrected chi connectivity index (χ1v) is 12.6. The highest BCUT2D eigenvalue weighted by atomic mass is 16.4. The third-order valence-electron chi connectivity index (χ3n) is 6.52. The molecule has 37 heavy (non-hydrogen) atoms. The molecule has 1 unspecified atom stereocenters. The molecule has 2 aromatic rings. The van der Waals surface area contributed by atoms with Crippen molar-refractivity contribution in [3.05, 3.63) is 54.1 Å². The quantitative estimate of drug-likeness (QED) is 0.315. The highest BCUT2D eigenvalue weighted by Gasteiger charge is 2.40. The molecule has 0 spiro atoms. The molecule has 3 amide bonds. The number of likely N-dealkylation sites (tertiary alicyclic amines) is 1. The Morgan fingerprint density at radius 2 is 1.59 bits per heavy atom. The molecule has 1 aliphatic heterocycles. The Kier molecular flexibility index (Phi) is 9.27. The lowest BCUT2D eigenvalue weighted by Gasteiger charge is -2.33. The van der Waals surface area contributed by atoms with Crippen molar-refractivity contribution >= 4 is 40.8 Å². The maximum atomic E-state index is 13.4. The number of nitrogens with one attached hydrogen (secondary N) is 3. The molecule has 9 nitrogen and oxygen atoms in total. The highest BCUT2D eigenvalue weighted by Crippen LogP contribution is 2.27. The zero-order valence-electron chi connectivity index (χ0n) is 21.7. The summed E-state index contributed by atoms with van der Waals surface area (Å²) in [7, 11) is 0. The van der Waals surface area contributed by atoms with Crippen LogP contribution >= 0.6 is 0 Å². The van der Waals surface area contributed by atoms with Crippen LogP contribution in [0.5, 0.6) is 0 Å².